The predicted octanol–water partition coefficient (Wildman–Crippen LogP) is 8.00. The van der Waals surface area contributed by atoms with E-state index < -0.39 is 17.9 Å². The van der Waals surface area contributed by atoms with Gasteiger partial charge in [-0.2, -0.15) is 0 Å². The van der Waals surface area contributed by atoms with E-state index in [1.165, 1.54) is 50.2 Å². The van der Waals surface area contributed by atoms with Gasteiger partial charge in [0, 0.05) is 11.6 Å². The summed E-state index contributed by atoms with van der Waals surface area (Å²) in [6.45, 7) is 2.11. The van der Waals surface area contributed by atoms with Crippen LogP contribution in [-0.4, -0.2) is 6.36 Å². The van der Waals surface area contributed by atoms with Crippen LogP contribution in [0.2, 0.25) is 0 Å². The van der Waals surface area contributed by atoms with Gasteiger partial charge in [0.25, 0.3) is 0 Å². The number of ether oxygens (including phenoxy) is 1. The van der Waals surface area contributed by atoms with Gasteiger partial charge in [0.1, 0.15) is 11.6 Å². The third-order valence-corrected chi connectivity index (χ3v) is 7.02. The monoisotopic (exact) mass is 456 g/mol. The van der Waals surface area contributed by atoms with Crippen molar-refractivity contribution < 1.29 is 22.3 Å². The summed E-state index contributed by atoms with van der Waals surface area (Å²) in [5, 5.41) is 0. The molecule has 1 nitrogen and oxygen atoms in total. The van der Waals surface area contributed by atoms with Crippen LogP contribution in [0.1, 0.15) is 68.1 Å². The van der Waals surface area contributed by atoms with Crippen LogP contribution < -0.4 is 4.74 Å². The lowest BCUT2D eigenvalue weighted by Crippen LogP contribution is -2.30. The van der Waals surface area contributed by atoms with Crippen molar-refractivity contribution in [1.29, 1.82) is 0 Å². The van der Waals surface area contributed by atoms with Crippen LogP contribution in [0.4, 0.5) is 17.6 Å². The molecular formula is C28H28F4O. The molecule has 4 rings (SSSR count). The standard InChI is InChI=1S/C28H28F4O/c1-2-3-20-7-11-25-17-24(13-12-23(25)16-20)21-8-4-19(5-9-21)6-10-22-14-15-26(18-27(22)29)33-28(30,31)32/h2-5,8-9,14-15,18,20,23-25H,7,11-13,16-17H2,1H3/b3-2+. The first kappa shape index (κ1) is 23.4. The molecule has 174 valence electrons. The molecule has 0 aliphatic heterocycles. The van der Waals surface area contributed by atoms with Crippen molar-refractivity contribution in [3.63, 3.8) is 0 Å². The van der Waals surface area contributed by atoms with Gasteiger partial charge in [0.05, 0.1) is 5.56 Å². The molecule has 4 atom stereocenters. The van der Waals surface area contributed by atoms with Crippen molar-refractivity contribution in [2.24, 2.45) is 17.8 Å². The van der Waals surface area contributed by atoms with Crippen molar-refractivity contribution in [3.8, 4) is 17.6 Å². The third kappa shape index (κ3) is 6.19. The normalized spacial score (nSPS) is 25.2. The Morgan fingerprint density at radius 2 is 1.64 bits per heavy atom. The van der Waals surface area contributed by atoms with Crippen LogP contribution in [0, 0.1) is 35.4 Å². The minimum atomic E-state index is -4.85. The van der Waals surface area contributed by atoms with Crippen LogP contribution in [0.5, 0.6) is 5.75 Å². The SMILES string of the molecule is C/C=C/C1CCC2CC(c3ccc(C#Cc4ccc(OC(F)(F)F)cc4F)cc3)CCC2C1. The molecule has 2 aliphatic rings. The van der Waals surface area contributed by atoms with Gasteiger partial charge in [-0.25, -0.2) is 4.39 Å². The smallest absolute Gasteiger partial charge is 0.406 e. The second-order valence-electron chi connectivity index (χ2n) is 9.19. The highest BCUT2D eigenvalue weighted by atomic mass is 19.4. The largest absolute Gasteiger partial charge is 0.573 e. The van der Waals surface area contributed by atoms with Gasteiger partial charge in [0.15, 0.2) is 0 Å². The molecule has 4 unspecified atom stereocenters. The first-order valence-corrected chi connectivity index (χ1v) is 11.6. The summed E-state index contributed by atoms with van der Waals surface area (Å²) in [5.41, 5.74) is 2.10. The fourth-order valence-electron chi connectivity index (χ4n) is 5.45. The van der Waals surface area contributed by atoms with Gasteiger partial charge in [-0.1, -0.05) is 36.1 Å². The Kier molecular flexibility index (Phi) is 7.12. The average molecular weight is 457 g/mol. The van der Waals surface area contributed by atoms with Gasteiger partial charge in [-0.3, -0.25) is 0 Å². The van der Waals surface area contributed by atoms with Crippen LogP contribution in [0.15, 0.2) is 54.6 Å². The lowest BCUT2D eigenvalue weighted by Gasteiger charge is -2.41. The maximum atomic E-state index is 14.1. The molecule has 0 saturated heterocycles. The van der Waals surface area contributed by atoms with E-state index in [-0.39, 0.29) is 5.56 Å². The number of alkyl halides is 3. The van der Waals surface area contributed by atoms with Crippen LogP contribution >= 0.6 is 0 Å². The van der Waals surface area contributed by atoms with Crippen LogP contribution in [-0.2, 0) is 0 Å². The van der Waals surface area contributed by atoms with Gasteiger partial charge in [0.2, 0.25) is 0 Å². The number of rotatable bonds is 3. The van der Waals surface area contributed by atoms with Crippen molar-refractivity contribution in [1.82, 2.24) is 0 Å². The second kappa shape index (κ2) is 10.0. The second-order valence-corrected chi connectivity index (χ2v) is 9.19. The number of hydrogen-bond donors (Lipinski definition) is 0. The number of halogens is 4. The molecule has 0 N–H and O–H groups in total. The molecule has 33 heavy (non-hydrogen) atoms. The zero-order valence-electron chi connectivity index (χ0n) is 18.7. The Bertz CT molecular complexity index is 1040. The van der Waals surface area contributed by atoms with Crippen LogP contribution in [0.25, 0.3) is 0 Å². The zero-order valence-corrected chi connectivity index (χ0v) is 18.7. The summed E-state index contributed by atoms with van der Waals surface area (Å²) in [6, 6.07) is 11.1. The summed E-state index contributed by atoms with van der Waals surface area (Å²) in [7, 11) is 0. The minimum absolute atomic E-state index is 0.0282. The summed E-state index contributed by atoms with van der Waals surface area (Å²) >= 11 is 0. The van der Waals surface area contributed by atoms with Crippen molar-refractivity contribution in [3.05, 3.63) is 77.1 Å². The average Bonchev–Trinajstić information content (AvgIpc) is 2.78. The Balaban J connectivity index is 1.38. The minimum Gasteiger partial charge on any atom is -0.406 e. The lowest BCUT2D eigenvalue weighted by atomic mass is 9.64. The Morgan fingerprint density at radius 1 is 0.909 bits per heavy atom. The molecule has 2 aliphatic carbocycles. The maximum Gasteiger partial charge on any atom is 0.573 e. The van der Waals surface area contributed by atoms with E-state index >= 15 is 0 Å². The quantitative estimate of drug-likeness (QED) is 0.258. The van der Waals surface area contributed by atoms with E-state index in [0.29, 0.717) is 12.0 Å². The Labute approximate surface area is 192 Å². The summed E-state index contributed by atoms with van der Waals surface area (Å²) in [6.07, 6.45) is 7.40. The Hall–Kier alpha value is -2.74. The van der Waals surface area contributed by atoms with Gasteiger partial charge < -0.3 is 4.74 Å². The van der Waals surface area contributed by atoms with Gasteiger partial charge in [-0.15, -0.1) is 13.2 Å². The number of hydrogen-bond acceptors (Lipinski definition) is 1. The topological polar surface area (TPSA) is 9.23 Å². The predicted molar refractivity (Wildman–Crippen MR) is 121 cm³/mol. The molecule has 2 saturated carbocycles. The highest BCUT2D eigenvalue weighted by Crippen LogP contribution is 2.47. The van der Waals surface area contributed by atoms with Crippen molar-refractivity contribution in [2.75, 3.05) is 0 Å². The molecular weight excluding hydrogens is 428 g/mol. The van der Waals surface area contributed by atoms with Gasteiger partial charge in [-0.05, 0) is 98.9 Å². The number of fused-ring (bicyclic) bond motifs is 1. The summed E-state index contributed by atoms with van der Waals surface area (Å²) < 4.78 is 54.6. The zero-order chi connectivity index (χ0) is 23.4. The molecule has 2 fully saturated rings. The number of benzene rings is 2. The van der Waals surface area contributed by atoms with Gasteiger partial charge >= 0.3 is 6.36 Å². The molecule has 2 aromatic carbocycles. The van der Waals surface area contributed by atoms with E-state index in [0.717, 1.165) is 29.4 Å². The van der Waals surface area contributed by atoms with E-state index in [2.05, 4.69) is 47.8 Å². The van der Waals surface area contributed by atoms with E-state index in [1.54, 1.807) is 0 Å². The number of allylic oxidation sites excluding steroid dienone is 2. The van der Waals surface area contributed by atoms with E-state index in [1.807, 2.05) is 12.1 Å². The van der Waals surface area contributed by atoms with Crippen LogP contribution in [0.3, 0.4) is 0 Å². The summed E-state index contributed by atoms with van der Waals surface area (Å²) in [5.74, 6) is 7.16. The first-order valence-electron chi connectivity index (χ1n) is 11.6. The molecule has 2 aromatic rings. The fraction of sp³-hybridized carbons (Fsp3) is 0.429. The molecule has 0 bridgehead atoms. The molecule has 5 heteroatoms. The molecule has 0 heterocycles. The third-order valence-electron chi connectivity index (χ3n) is 7.02. The highest BCUT2D eigenvalue weighted by Gasteiger charge is 2.35. The molecule has 0 spiro atoms. The summed E-state index contributed by atoms with van der Waals surface area (Å²) in [4.78, 5) is 0. The Morgan fingerprint density at radius 3 is 2.33 bits per heavy atom. The van der Waals surface area contributed by atoms with Crippen molar-refractivity contribution in [2.45, 2.75) is 57.7 Å². The molecule has 0 radical (unpaired) electrons. The first-order chi connectivity index (χ1) is 15.8. The fourth-order valence-corrected chi connectivity index (χ4v) is 5.45. The highest BCUT2D eigenvalue weighted by molar-refractivity contribution is 5.46. The maximum absolute atomic E-state index is 14.1. The van der Waals surface area contributed by atoms with E-state index in [9.17, 15) is 17.6 Å². The lowest BCUT2D eigenvalue weighted by molar-refractivity contribution is -0.274. The molecule has 0 amide bonds. The van der Waals surface area contributed by atoms with E-state index in [4.69, 9.17) is 0 Å². The van der Waals surface area contributed by atoms with Crippen molar-refractivity contribution >= 4 is 0 Å². The molecule has 0 aromatic heterocycles.